The molecule has 1 aromatic heterocycles. The van der Waals surface area contributed by atoms with Crippen molar-refractivity contribution < 1.29 is 9.47 Å². The number of imidazole rings is 1. The van der Waals surface area contributed by atoms with Crippen LogP contribution >= 0.6 is 0 Å². The Bertz CT molecular complexity index is 620. The number of aryl methyl sites for hydroxylation is 1. The van der Waals surface area contributed by atoms with Crippen LogP contribution in [-0.4, -0.2) is 54.4 Å². The minimum absolute atomic E-state index is 0.323. The number of methoxy groups -OCH3 is 1. The molecule has 1 aromatic carbocycles. The second kappa shape index (κ2) is 8.28. The first kappa shape index (κ1) is 17.0. The number of hydrogen-bond acceptors (Lipinski definition) is 5. The SMILES string of the molecule is COc1ccc([C@@H](CNCc2cn(C)cn2)N2CCOCC2)cc1. The Morgan fingerprint density at radius 2 is 2.00 bits per heavy atom. The third-order valence-corrected chi connectivity index (χ3v) is 4.39. The van der Waals surface area contributed by atoms with Crippen LogP contribution in [0.5, 0.6) is 5.75 Å². The van der Waals surface area contributed by atoms with Crippen molar-refractivity contribution in [1.29, 1.82) is 0 Å². The van der Waals surface area contributed by atoms with E-state index in [1.54, 1.807) is 7.11 Å². The molecule has 1 aliphatic rings. The van der Waals surface area contributed by atoms with Crippen LogP contribution in [0.1, 0.15) is 17.3 Å². The minimum Gasteiger partial charge on any atom is -0.497 e. The molecule has 1 saturated heterocycles. The second-order valence-electron chi connectivity index (χ2n) is 6.10. The molecule has 130 valence electrons. The Hall–Kier alpha value is -1.89. The van der Waals surface area contributed by atoms with Gasteiger partial charge in [-0.15, -0.1) is 0 Å². The minimum atomic E-state index is 0.323. The van der Waals surface area contributed by atoms with E-state index in [0.29, 0.717) is 6.04 Å². The standard InChI is InChI=1S/C18H26N4O2/c1-21-13-16(20-14-21)11-19-12-18(22-7-9-24-10-8-22)15-3-5-17(23-2)6-4-15/h3-6,13-14,18-19H,7-12H2,1-2H3/t18-/m1/s1. The Balaban J connectivity index is 1.66. The maximum atomic E-state index is 5.50. The van der Waals surface area contributed by atoms with Gasteiger partial charge in [0, 0.05) is 45.5 Å². The number of aromatic nitrogens is 2. The molecule has 2 heterocycles. The fourth-order valence-electron chi connectivity index (χ4n) is 3.07. The second-order valence-corrected chi connectivity index (χ2v) is 6.10. The normalized spacial score (nSPS) is 16.9. The molecule has 1 aliphatic heterocycles. The molecule has 1 atom stereocenters. The van der Waals surface area contributed by atoms with Crippen LogP contribution in [0.25, 0.3) is 0 Å². The highest BCUT2D eigenvalue weighted by atomic mass is 16.5. The van der Waals surface area contributed by atoms with Crippen molar-refractivity contribution in [2.75, 3.05) is 40.0 Å². The van der Waals surface area contributed by atoms with Crippen LogP contribution in [0.2, 0.25) is 0 Å². The number of hydrogen-bond donors (Lipinski definition) is 1. The summed E-state index contributed by atoms with van der Waals surface area (Å²) in [5.74, 6) is 0.890. The predicted octanol–water partition coefficient (Wildman–Crippen LogP) is 1.59. The maximum absolute atomic E-state index is 5.50. The van der Waals surface area contributed by atoms with E-state index in [-0.39, 0.29) is 0 Å². The van der Waals surface area contributed by atoms with Gasteiger partial charge in [-0.2, -0.15) is 0 Å². The summed E-state index contributed by atoms with van der Waals surface area (Å²) in [6.07, 6.45) is 3.88. The zero-order chi connectivity index (χ0) is 16.8. The van der Waals surface area contributed by atoms with E-state index in [0.717, 1.165) is 50.8 Å². The summed E-state index contributed by atoms with van der Waals surface area (Å²) in [6, 6.07) is 8.69. The molecule has 3 rings (SSSR count). The van der Waals surface area contributed by atoms with Crippen molar-refractivity contribution in [3.05, 3.63) is 48.0 Å². The number of rotatable bonds is 7. The number of ether oxygens (including phenoxy) is 2. The van der Waals surface area contributed by atoms with E-state index in [1.807, 2.05) is 36.3 Å². The smallest absolute Gasteiger partial charge is 0.118 e. The summed E-state index contributed by atoms with van der Waals surface area (Å²) in [5.41, 5.74) is 2.36. The van der Waals surface area contributed by atoms with Gasteiger partial charge in [0.2, 0.25) is 0 Å². The lowest BCUT2D eigenvalue weighted by atomic mass is 10.0. The lowest BCUT2D eigenvalue weighted by Crippen LogP contribution is -2.42. The quantitative estimate of drug-likeness (QED) is 0.835. The molecule has 0 spiro atoms. The fraction of sp³-hybridized carbons (Fsp3) is 0.500. The lowest BCUT2D eigenvalue weighted by Gasteiger charge is -2.35. The van der Waals surface area contributed by atoms with Gasteiger partial charge in [0.25, 0.3) is 0 Å². The van der Waals surface area contributed by atoms with Gasteiger partial charge in [-0.25, -0.2) is 4.98 Å². The van der Waals surface area contributed by atoms with Crippen LogP contribution in [0.4, 0.5) is 0 Å². The van der Waals surface area contributed by atoms with Gasteiger partial charge in [0.15, 0.2) is 0 Å². The molecule has 0 amide bonds. The van der Waals surface area contributed by atoms with Gasteiger partial charge in [-0.05, 0) is 17.7 Å². The van der Waals surface area contributed by atoms with Crippen molar-refractivity contribution in [3.8, 4) is 5.75 Å². The molecular weight excluding hydrogens is 304 g/mol. The third-order valence-electron chi connectivity index (χ3n) is 4.39. The van der Waals surface area contributed by atoms with Crippen molar-refractivity contribution >= 4 is 0 Å². The highest BCUT2D eigenvalue weighted by molar-refractivity contribution is 5.29. The topological polar surface area (TPSA) is 51.5 Å². The maximum Gasteiger partial charge on any atom is 0.118 e. The van der Waals surface area contributed by atoms with Gasteiger partial charge >= 0.3 is 0 Å². The largest absolute Gasteiger partial charge is 0.497 e. The van der Waals surface area contributed by atoms with Gasteiger partial charge < -0.3 is 19.4 Å². The first-order valence-electron chi connectivity index (χ1n) is 8.39. The van der Waals surface area contributed by atoms with Gasteiger partial charge in [-0.1, -0.05) is 12.1 Å². The molecule has 0 unspecified atom stereocenters. The molecule has 0 aliphatic carbocycles. The fourth-order valence-corrected chi connectivity index (χ4v) is 3.07. The lowest BCUT2D eigenvalue weighted by molar-refractivity contribution is 0.0161. The number of benzene rings is 1. The van der Waals surface area contributed by atoms with Crippen molar-refractivity contribution in [1.82, 2.24) is 19.8 Å². The summed E-state index contributed by atoms with van der Waals surface area (Å²) >= 11 is 0. The van der Waals surface area contributed by atoms with Crippen molar-refractivity contribution in [2.24, 2.45) is 7.05 Å². The number of morpholine rings is 1. The molecule has 1 fully saturated rings. The van der Waals surface area contributed by atoms with Gasteiger partial charge in [-0.3, -0.25) is 4.90 Å². The summed E-state index contributed by atoms with van der Waals surface area (Å²) in [5, 5.41) is 3.55. The molecule has 24 heavy (non-hydrogen) atoms. The molecule has 0 bridgehead atoms. The monoisotopic (exact) mass is 330 g/mol. The number of nitrogens with one attached hydrogen (secondary N) is 1. The van der Waals surface area contributed by atoms with Crippen LogP contribution in [0.15, 0.2) is 36.8 Å². The molecule has 6 nitrogen and oxygen atoms in total. The van der Waals surface area contributed by atoms with Crippen molar-refractivity contribution in [2.45, 2.75) is 12.6 Å². The number of nitrogens with zero attached hydrogens (tertiary/aromatic N) is 3. The summed E-state index contributed by atoms with van der Waals surface area (Å²) < 4.78 is 12.8. The average molecular weight is 330 g/mol. The molecule has 2 aromatic rings. The van der Waals surface area contributed by atoms with E-state index >= 15 is 0 Å². The van der Waals surface area contributed by atoms with E-state index in [1.165, 1.54) is 5.56 Å². The Kier molecular flexibility index (Phi) is 5.85. The highest BCUT2D eigenvalue weighted by Gasteiger charge is 2.22. The van der Waals surface area contributed by atoms with E-state index in [2.05, 4.69) is 27.3 Å². The molecule has 0 saturated carbocycles. The molecular formula is C18H26N4O2. The Labute approximate surface area is 143 Å². The average Bonchev–Trinajstić information content (AvgIpc) is 3.05. The van der Waals surface area contributed by atoms with Crippen LogP contribution in [0, 0.1) is 0 Å². The molecule has 1 N–H and O–H groups in total. The van der Waals surface area contributed by atoms with E-state index in [9.17, 15) is 0 Å². The van der Waals surface area contributed by atoms with Gasteiger partial charge in [0.1, 0.15) is 5.75 Å². The van der Waals surface area contributed by atoms with E-state index in [4.69, 9.17) is 9.47 Å². The summed E-state index contributed by atoms with van der Waals surface area (Å²) in [7, 11) is 3.69. The molecule has 6 heteroatoms. The first-order valence-corrected chi connectivity index (χ1v) is 8.39. The molecule has 0 radical (unpaired) electrons. The Morgan fingerprint density at radius 1 is 1.25 bits per heavy atom. The Morgan fingerprint density at radius 3 is 2.62 bits per heavy atom. The summed E-state index contributed by atoms with van der Waals surface area (Å²) in [6.45, 7) is 5.17. The highest BCUT2D eigenvalue weighted by Crippen LogP contribution is 2.23. The third kappa shape index (κ3) is 4.35. The van der Waals surface area contributed by atoms with Crippen LogP contribution in [-0.2, 0) is 18.3 Å². The zero-order valence-corrected chi connectivity index (χ0v) is 14.4. The van der Waals surface area contributed by atoms with E-state index < -0.39 is 0 Å². The van der Waals surface area contributed by atoms with Gasteiger partial charge in [0.05, 0.1) is 32.3 Å². The van der Waals surface area contributed by atoms with Crippen LogP contribution in [0.3, 0.4) is 0 Å². The first-order chi connectivity index (χ1) is 11.8. The zero-order valence-electron chi connectivity index (χ0n) is 14.4. The summed E-state index contributed by atoms with van der Waals surface area (Å²) in [4.78, 5) is 6.85. The predicted molar refractivity (Wildman–Crippen MR) is 93.0 cm³/mol. The van der Waals surface area contributed by atoms with Crippen LogP contribution < -0.4 is 10.1 Å². The van der Waals surface area contributed by atoms with Crippen molar-refractivity contribution in [3.63, 3.8) is 0 Å².